The Morgan fingerprint density at radius 1 is 1.32 bits per heavy atom. The Balaban J connectivity index is 0.00000324. The molecule has 0 bridgehead atoms. The molecule has 0 aliphatic carbocycles. The lowest BCUT2D eigenvalue weighted by Gasteiger charge is -2.26. The van der Waals surface area contributed by atoms with Gasteiger partial charge in [-0.05, 0) is 12.1 Å². The lowest BCUT2D eigenvalue weighted by Crippen LogP contribution is -3.00. The molecule has 1 aromatic carbocycles. The van der Waals surface area contributed by atoms with E-state index in [2.05, 4.69) is 0 Å². The summed E-state index contributed by atoms with van der Waals surface area (Å²) in [6, 6.07) is 5.23. The van der Waals surface area contributed by atoms with Crippen molar-refractivity contribution in [2.75, 3.05) is 27.7 Å². The molecule has 0 fully saturated rings. The molecule has 0 heterocycles. The summed E-state index contributed by atoms with van der Waals surface area (Å²) in [6.07, 6.45) is -1.11. The quantitative estimate of drug-likeness (QED) is 0.290. The first-order valence-corrected chi connectivity index (χ1v) is 5.48. The van der Waals surface area contributed by atoms with Crippen LogP contribution in [-0.2, 0) is 0 Å². The summed E-state index contributed by atoms with van der Waals surface area (Å²) in [5.41, 5.74) is 0.203. The highest BCUT2D eigenvalue weighted by Crippen LogP contribution is 2.13. The van der Waals surface area contributed by atoms with Crippen LogP contribution >= 0.6 is 0 Å². The molecule has 1 aromatic rings. The largest absolute Gasteiger partial charge is 1.00 e. The summed E-state index contributed by atoms with van der Waals surface area (Å²) in [4.78, 5) is 21.8. The molecule has 7 heteroatoms. The Labute approximate surface area is 117 Å². The molecule has 1 rings (SSSR count). The Morgan fingerprint density at radius 2 is 1.79 bits per heavy atom. The van der Waals surface area contributed by atoms with E-state index in [1.54, 1.807) is 0 Å². The highest BCUT2D eigenvalue weighted by molar-refractivity contribution is 5.99. The number of nitrogens with zero attached hydrogens (tertiary/aromatic N) is 2. The zero-order valence-corrected chi connectivity index (χ0v) is 11.8. The SMILES string of the molecule is C[N+](C)(C)CC(O)C(=O)c1ccc([N+](=O)[O-])cc1.[Cl-]. The van der Waals surface area contributed by atoms with E-state index in [1.807, 2.05) is 21.1 Å². The fourth-order valence-electron chi connectivity index (χ4n) is 1.54. The first-order valence-electron chi connectivity index (χ1n) is 5.48. The number of likely N-dealkylation sites (N-methyl/N-ethyl adjacent to an activating group) is 1. The molecular weight excluding hydrogens is 272 g/mol. The van der Waals surface area contributed by atoms with Gasteiger partial charge >= 0.3 is 0 Å². The van der Waals surface area contributed by atoms with Crippen LogP contribution in [0.25, 0.3) is 0 Å². The van der Waals surface area contributed by atoms with E-state index in [1.165, 1.54) is 24.3 Å². The predicted molar refractivity (Wildman–Crippen MR) is 66.3 cm³/mol. The number of quaternary nitrogens is 1. The van der Waals surface area contributed by atoms with E-state index in [0.29, 0.717) is 4.48 Å². The molecule has 0 aliphatic rings. The van der Waals surface area contributed by atoms with Crippen molar-refractivity contribution >= 4 is 11.5 Å². The summed E-state index contributed by atoms with van der Waals surface area (Å²) >= 11 is 0. The third-order valence-electron chi connectivity index (χ3n) is 2.39. The molecule has 6 nitrogen and oxygen atoms in total. The van der Waals surface area contributed by atoms with Crippen LogP contribution in [0.1, 0.15) is 10.4 Å². The molecule has 1 N–H and O–H groups in total. The van der Waals surface area contributed by atoms with Crippen molar-refractivity contribution in [2.24, 2.45) is 0 Å². The number of benzene rings is 1. The first-order chi connectivity index (χ1) is 8.20. The van der Waals surface area contributed by atoms with Gasteiger partial charge in [0, 0.05) is 17.7 Å². The summed E-state index contributed by atoms with van der Waals surface area (Å²) in [6.45, 7) is 0.288. The zero-order valence-electron chi connectivity index (χ0n) is 11.0. The van der Waals surface area contributed by atoms with Gasteiger partial charge in [0.2, 0.25) is 0 Å². The van der Waals surface area contributed by atoms with E-state index >= 15 is 0 Å². The van der Waals surface area contributed by atoms with Crippen molar-refractivity contribution in [2.45, 2.75) is 6.10 Å². The highest BCUT2D eigenvalue weighted by atomic mass is 35.5. The lowest BCUT2D eigenvalue weighted by atomic mass is 10.1. The smallest absolute Gasteiger partial charge is 0.269 e. The van der Waals surface area contributed by atoms with E-state index in [9.17, 15) is 20.0 Å². The van der Waals surface area contributed by atoms with Crippen LogP contribution < -0.4 is 12.4 Å². The number of ketones is 1. The number of aliphatic hydroxyl groups excluding tert-OH is 1. The number of nitro groups is 1. The van der Waals surface area contributed by atoms with E-state index in [4.69, 9.17) is 0 Å². The standard InChI is InChI=1S/C12H17N2O4.ClH/c1-14(2,3)8-11(15)12(16)9-4-6-10(7-5-9)13(17)18;/h4-7,11,15H,8H2,1-3H3;1H/q+1;/p-1. The third-order valence-corrected chi connectivity index (χ3v) is 2.39. The van der Waals surface area contributed by atoms with Gasteiger partial charge in [-0.15, -0.1) is 0 Å². The van der Waals surface area contributed by atoms with E-state index in [0.717, 1.165) is 0 Å². The molecule has 0 amide bonds. The fourth-order valence-corrected chi connectivity index (χ4v) is 1.54. The average molecular weight is 289 g/mol. The number of hydrogen-bond acceptors (Lipinski definition) is 4. The summed E-state index contributed by atoms with van der Waals surface area (Å²) in [5.74, 6) is -0.419. The van der Waals surface area contributed by atoms with Crippen molar-refractivity contribution in [3.8, 4) is 0 Å². The first kappa shape index (κ1) is 17.5. The van der Waals surface area contributed by atoms with Crippen LogP contribution in [-0.4, -0.2) is 54.1 Å². The Bertz CT molecular complexity index is 454. The number of nitro benzene ring substituents is 1. The van der Waals surface area contributed by atoms with E-state index < -0.39 is 16.8 Å². The van der Waals surface area contributed by atoms with Crippen LogP contribution in [0.4, 0.5) is 5.69 Å². The molecule has 1 atom stereocenters. The summed E-state index contributed by atoms with van der Waals surface area (Å²) < 4.78 is 0.458. The van der Waals surface area contributed by atoms with Gasteiger partial charge < -0.3 is 22.0 Å². The van der Waals surface area contributed by atoms with Crippen molar-refractivity contribution in [3.63, 3.8) is 0 Å². The van der Waals surface area contributed by atoms with Gasteiger partial charge in [-0.2, -0.15) is 0 Å². The lowest BCUT2D eigenvalue weighted by molar-refractivity contribution is -0.872. The second-order valence-electron chi connectivity index (χ2n) is 5.16. The number of carbonyl (C=O) groups excluding carboxylic acids is 1. The van der Waals surface area contributed by atoms with Crippen LogP contribution in [0.5, 0.6) is 0 Å². The average Bonchev–Trinajstić information content (AvgIpc) is 2.26. The minimum atomic E-state index is -1.11. The van der Waals surface area contributed by atoms with Crippen LogP contribution in [0.3, 0.4) is 0 Å². The number of aliphatic hydroxyl groups is 1. The number of halogens is 1. The maximum atomic E-state index is 11.9. The normalized spacial score (nSPS) is 12.4. The molecule has 0 saturated heterocycles. The Hall–Kier alpha value is -1.50. The Morgan fingerprint density at radius 3 is 2.16 bits per heavy atom. The van der Waals surface area contributed by atoms with Crippen molar-refractivity contribution in [1.82, 2.24) is 0 Å². The summed E-state index contributed by atoms with van der Waals surface area (Å²) in [7, 11) is 5.60. The number of carbonyl (C=O) groups is 1. The number of rotatable bonds is 5. The minimum Gasteiger partial charge on any atom is -1.00 e. The van der Waals surface area contributed by atoms with Gasteiger partial charge in [-0.3, -0.25) is 14.9 Å². The molecule has 0 radical (unpaired) electrons. The van der Waals surface area contributed by atoms with Gasteiger partial charge in [-0.1, -0.05) is 0 Å². The maximum absolute atomic E-state index is 11.9. The van der Waals surface area contributed by atoms with Crippen molar-refractivity contribution in [1.29, 1.82) is 0 Å². The second kappa shape index (κ2) is 6.60. The zero-order chi connectivity index (χ0) is 13.9. The molecular formula is C12H17ClN2O4. The number of non-ortho nitro benzene ring substituents is 1. The van der Waals surface area contributed by atoms with Gasteiger partial charge in [0.05, 0.1) is 26.1 Å². The molecule has 0 aromatic heterocycles. The van der Waals surface area contributed by atoms with Gasteiger partial charge in [0.1, 0.15) is 6.54 Å². The Kier molecular flexibility index (Phi) is 6.08. The van der Waals surface area contributed by atoms with Gasteiger partial charge in [0.15, 0.2) is 11.9 Å². The third kappa shape index (κ3) is 5.34. The highest BCUT2D eigenvalue weighted by Gasteiger charge is 2.24. The van der Waals surface area contributed by atoms with E-state index in [-0.39, 0.29) is 30.2 Å². The monoisotopic (exact) mass is 288 g/mol. The molecule has 0 aliphatic heterocycles. The van der Waals surface area contributed by atoms with Crippen LogP contribution in [0.15, 0.2) is 24.3 Å². The van der Waals surface area contributed by atoms with Crippen molar-refractivity contribution in [3.05, 3.63) is 39.9 Å². The van der Waals surface area contributed by atoms with Gasteiger partial charge in [0.25, 0.3) is 5.69 Å². The van der Waals surface area contributed by atoms with Gasteiger partial charge in [-0.25, -0.2) is 0 Å². The maximum Gasteiger partial charge on any atom is 0.269 e. The molecule has 1 unspecified atom stereocenters. The fraction of sp³-hybridized carbons (Fsp3) is 0.417. The number of hydrogen-bond donors (Lipinski definition) is 1. The topological polar surface area (TPSA) is 80.4 Å². The summed E-state index contributed by atoms with van der Waals surface area (Å²) in [5, 5.41) is 20.3. The number of Topliss-reactive ketones (excluding diaryl/α,β-unsaturated/α-hetero) is 1. The molecule has 0 spiro atoms. The second-order valence-corrected chi connectivity index (χ2v) is 5.16. The minimum absolute atomic E-state index is 0. The van der Waals surface area contributed by atoms with Crippen LogP contribution in [0, 0.1) is 10.1 Å². The molecule has 106 valence electrons. The predicted octanol–water partition coefficient (Wildman–Crippen LogP) is -2.15. The molecule has 19 heavy (non-hydrogen) atoms. The molecule has 0 saturated carbocycles. The van der Waals surface area contributed by atoms with Crippen LogP contribution in [0.2, 0.25) is 0 Å². The van der Waals surface area contributed by atoms with Crippen molar-refractivity contribution < 1.29 is 31.7 Å².